The van der Waals surface area contributed by atoms with E-state index in [1.807, 2.05) is 17.8 Å². The summed E-state index contributed by atoms with van der Waals surface area (Å²) in [5.74, 6) is 0.0754. The highest BCUT2D eigenvalue weighted by molar-refractivity contribution is 8.00. The summed E-state index contributed by atoms with van der Waals surface area (Å²) in [4.78, 5) is 64.7. The molecule has 16 nitrogen and oxygen atoms in total. The number of esters is 1. The number of para-hydroxylation sites is 1. The molecule has 2 saturated heterocycles. The number of urea groups is 1. The molecule has 0 bridgehead atoms. The van der Waals surface area contributed by atoms with Gasteiger partial charge in [0.05, 0.1) is 38.5 Å². The summed E-state index contributed by atoms with van der Waals surface area (Å²) in [6.45, 7) is 1.89. The maximum Gasteiger partial charge on any atom is 0.315 e. The third-order valence-corrected chi connectivity index (χ3v) is 10.4. The summed E-state index contributed by atoms with van der Waals surface area (Å²) in [7, 11) is 0. The van der Waals surface area contributed by atoms with Gasteiger partial charge in [-0.15, -0.1) is 0 Å². The van der Waals surface area contributed by atoms with Crippen LogP contribution in [0.3, 0.4) is 0 Å². The fourth-order valence-corrected chi connectivity index (χ4v) is 7.61. The number of carbonyl (C=O) groups is 5. The zero-order chi connectivity index (χ0) is 39.1. The summed E-state index contributed by atoms with van der Waals surface area (Å²) in [5.41, 5.74) is 9.37. The number of nitrogens with zero attached hydrogens (tertiary/aromatic N) is 3. The van der Waals surface area contributed by atoms with E-state index in [-0.39, 0.29) is 73.9 Å². The lowest BCUT2D eigenvalue weighted by atomic mass is 10.0. The lowest BCUT2D eigenvalue weighted by Crippen LogP contribution is -2.36. The van der Waals surface area contributed by atoms with Crippen LogP contribution in [-0.4, -0.2) is 105 Å². The predicted octanol–water partition coefficient (Wildman–Crippen LogP) is 4.26. The number of hydrogen-bond acceptors (Lipinski definition) is 11. The number of benzene rings is 2. The molecule has 0 radical (unpaired) electrons. The first kappa shape index (κ1) is 42.9. The smallest absolute Gasteiger partial charge is 0.315 e. The number of carbonyl (C=O) groups excluding carboxylic acids is 5. The third kappa shape index (κ3) is 15.8. The molecule has 1 unspecified atom stereocenters. The molecule has 0 saturated carbocycles. The van der Waals surface area contributed by atoms with Gasteiger partial charge >= 0.3 is 12.0 Å². The summed E-state index contributed by atoms with van der Waals surface area (Å²) in [6, 6.07) is 14.0. The normalized spacial score (nSPS) is 16.9. The van der Waals surface area contributed by atoms with Crippen molar-refractivity contribution in [3.63, 3.8) is 0 Å². The average molecular weight is 782 g/mol. The highest BCUT2D eigenvalue weighted by Gasteiger charge is 2.42. The van der Waals surface area contributed by atoms with Crippen LogP contribution in [0.1, 0.15) is 67.3 Å². The minimum absolute atomic E-state index is 0.0119. The number of unbranched alkanes of at least 4 members (excludes halogenated alkanes) is 3. The van der Waals surface area contributed by atoms with E-state index in [1.165, 1.54) is 0 Å². The molecule has 17 heteroatoms. The molecule has 0 spiro atoms. The lowest BCUT2D eigenvalue weighted by Gasteiger charge is -2.16. The molecule has 0 aromatic heterocycles. The van der Waals surface area contributed by atoms with Crippen molar-refractivity contribution in [2.45, 2.75) is 75.1 Å². The van der Waals surface area contributed by atoms with E-state index < -0.39 is 11.9 Å². The van der Waals surface area contributed by atoms with Gasteiger partial charge in [-0.3, -0.25) is 19.2 Å². The Bertz CT molecular complexity index is 1610. The van der Waals surface area contributed by atoms with Gasteiger partial charge in [0.2, 0.25) is 5.91 Å². The molecule has 2 aromatic carbocycles. The van der Waals surface area contributed by atoms with Crippen LogP contribution in [0.5, 0.6) is 11.5 Å². The zero-order valence-electron chi connectivity index (χ0n) is 31.0. The van der Waals surface area contributed by atoms with Crippen molar-refractivity contribution in [3.05, 3.63) is 70.1 Å². The fourth-order valence-electron chi connectivity index (χ4n) is 6.07. The largest absolute Gasteiger partial charge is 0.480 e. The van der Waals surface area contributed by atoms with Crippen LogP contribution in [0.4, 0.5) is 4.79 Å². The van der Waals surface area contributed by atoms with Crippen molar-refractivity contribution in [3.8, 4) is 11.5 Å². The average Bonchev–Trinajstić information content (AvgIpc) is 3.74. The van der Waals surface area contributed by atoms with E-state index in [1.54, 1.807) is 42.5 Å². The predicted molar refractivity (Wildman–Crippen MR) is 206 cm³/mol. The molecule has 4 rings (SSSR count). The monoisotopic (exact) mass is 781 g/mol. The Labute approximate surface area is 325 Å². The first-order valence-corrected chi connectivity index (χ1v) is 19.8. The van der Waals surface area contributed by atoms with Gasteiger partial charge in [0.15, 0.2) is 23.9 Å². The number of Topliss-reactive ketones (excluding diaryl/α,β-unsaturated/α-hetero) is 1. The van der Waals surface area contributed by atoms with Crippen molar-refractivity contribution >= 4 is 41.4 Å². The Morgan fingerprint density at radius 3 is 2.36 bits per heavy atom. The fraction of sp³-hybridized carbons (Fsp3) is 0.553. The van der Waals surface area contributed by atoms with Crippen LogP contribution >= 0.6 is 11.8 Å². The van der Waals surface area contributed by atoms with Crippen molar-refractivity contribution in [1.82, 2.24) is 21.3 Å². The molecule has 55 heavy (non-hydrogen) atoms. The highest BCUT2D eigenvalue weighted by Crippen LogP contribution is 2.34. The van der Waals surface area contributed by atoms with E-state index >= 15 is 0 Å². The number of azide groups is 1. The molecule has 2 aromatic rings. The number of ketones is 1. The first-order chi connectivity index (χ1) is 26.8. The van der Waals surface area contributed by atoms with Crippen LogP contribution in [0, 0.1) is 0 Å². The van der Waals surface area contributed by atoms with Crippen LogP contribution in [0.15, 0.2) is 53.6 Å². The Morgan fingerprint density at radius 2 is 1.60 bits per heavy atom. The quantitative estimate of drug-likeness (QED) is 0.0148. The van der Waals surface area contributed by atoms with Crippen LogP contribution < -0.4 is 30.7 Å². The second-order valence-electron chi connectivity index (χ2n) is 13.0. The summed E-state index contributed by atoms with van der Waals surface area (Å²) < 4.78 is 22.5. The number of amides is 4. The zero-order valence-corrected chi connectivity index (χ0v) is 31.8. The Morgan fingerprint density at radius 1 is 0.855 bits per heavy atom. The van der Waals surface area contributed by atoms with E-state index in [0.29, 0.717) is 75.0 Å². The lowest BCUT2D eigenvalue weighted by molar-refractivity contribution is -0.134. The number of fused-ring (bicyclic) bond motifs is 1. The molecule has 4 amide bonds. The molecular formula is C38H51N7O9S. The van der Waals surface area contributed by atoms with Gasteiger partial charge in [-0.05, 0) is 37.3 Å². The van der Waals surface area contributed by atoms with Gasteiger partial charge in [-0.1, -0.05) is 60.4 Å². The van der Waals surface area contributed by atoms with Gasteiger partial charge in [-0.25, -0.2) is 4.79 Å². The second-order valence-corrected chi connectivity index (χ2v) is 14.3. The summed E-state index contributed by atoms with van der Waals surface area (Å²) in [5, 5.41) is 15.4. The first-order valence-electron chi connectivity index (χ1n) is 18.8. The number of hydrogen-bond donors (Lipinski definition) is 4. The topological polar surface area (TPSA) is 219 Å². The van der Waals surface area contributed by atoms with Gasteiger partial charge in [0.1, 0.15) is 0 Å². The Balaban J connectivity index is 1.07. The molecule has 2 aliphatic rings. The third-order valence-electron chi connectivity index (χ3n) is 8.87. The minimum Gasteiger partial charge on any atom is -0.480 e. The van der Waals surface area contributed by atoms with Gasteiger partial charge in [0, 0.05) is 65.9 Å². The molecule has 0 aliphatic carbocycles. The van der Waals surface area contributed by atoms with E-state index in [4.69, 9.17) is 24.5 Å². The second kappa shape index (κ2) is 24.6. The van der Waals surface area contributed by atoms with Crippen LogP contribution in [-0.2, 0) is 30.3 Å². The van der Waals surface area contributed by atoms with Crippen molar-refractivity contribution < 1.29 is 42.9 Å². The molecule has 298 valence electrons. The maximum absolute atomic E-state index is 13.0. The van der Waals surface area contributed by atoms with E-state index in [9.17, 15) is 24.0 Å². The molecule has 3 atom stereocenters. The maximum atomic E-state index is 13.0. The SMILES string of the molecule is [N-]=[N+]=NCCCCCC(=O)Oc1c(CC(=O)c2ccccc2)cccc1OCC(=O)NCCOCCOCCNC(=O)CCCCC1SC[C@@H]2NC(=O)N[C@H]12. The molecule has 2 fully saturated rings. The highest BCUT2D eigenvalue weighted by atomic mass is 32.2. The molecule has 4 N–H and O–H groups in total. The summed E-state index contributed by atoms with van der Waals surface area (Å²) >= 11 is 1.88. The molecule has 2 aliphatic heterocycles. The molecular weight excluding hydrogens is 731 g/mol. The number of rotatable bonds is 27. The minimum atomic E-state index is -0.511. The van der Waals surface area contributed by atoms with Crippen molar-refractivity contribution in [2.75, 3.05) is 58.4 Å². The van der Waals surface area contributed by atoms with Gasteiger partial charge < -0.3 is 40.2 Å². The number of nitrogens with one attached hydrogen (secondary N) is 4. The van der Waals surface area contributed by atoms with Gasteiger partial charge in [0.25, 0.3) is 5.91 Å². The Hall–Kier alpha value is -4.83. The van der Waals surface area contributed by atoms with E-state index in [0.717, 1.165) is 25.0 Å². The van der Waals surface area contributed by atoms with Gasteiger partial charge in [-0.2, -0.15) is 11.8 Å². The van der Waals surface area contributed by atoms with Crippen LogP contribution in [0.25, 0.3) is 10.4 Å². The van der Waals surface area contributed by atoms with E-state index in [2.05, 4.69) is 31.3 Å². The number of ether oxygens (including phenoxy) is 4. The number of thioether (sulfide) groups is 1. The Kier molecular flexibility index (Phi) is 19.2. The summed E-state index contributed by atoms with van der Waals surface area (Å²) in [6.07, 6.45) is 5.08. The molecule has 2 heterocycles. The standard InChI is InChI=1S/C38H51N7O9S/c39-45-42-17-8-2-5-16-35(49)54-37-28(24-30(46)27-10-3-1-4-11-27)12-9-13-31(37)53-25-34(48)41-19-21-52-23-22-51-20-18-40-33(47)15-7-6-14-32-36-29(26-55-32)43-38(50)44-36/h1,3-4,9-13,29,32,36H,2,5-8,14-26H2,(H,40,47)(H,41,48)(H2,43,44,50)/t29-,32?,36-/m0/s1. The van der Waals surface area contributed by atoms with Crippen molar-refractivity contribution in [1.29, 1.82) is 0 Å². The van der Waals surface area contributed by atoms with Crippen molar-refractivity contribution in [2.24, 2.45) is 5.11 Å². The van der Waals surface area contributed by atoms with Crippen LogP contribution in [0.2, 0.25) is 0 Å².